The Labute approximate surface area is 79.0 Å². The second kappa shape index (κ2) is 4.58. The first kappa shape index (κ1) is 10.5. The van der Waals surface area contributed by atoms with Crippen molar-refractivity contribution >= 4 is 5.97 Å². The second-order valence-corrected chi connectivity index (χ2v) is 3.68. The van der Waals surface area contributed by atoms with Crippen LogP contribution in [-0.4, -0.2) is 38.3 Å². The summed E-state index contributed by atoms with van der Waals surface area (Å²) in [6.07, 6.45) is 0. The van der Waals surface area contributed by atoms with Crippen molar-refractivity contribution in [3.63, 3.8) is 0 Å². The molecule has 1 rings (SSSR count). The predicted molar refractivity (Wildman–Crippen MR) is 50.4 cm³/mol. The van der Waals surface area contributed by atoms with E-state index in [9.17, 15) is 4.79 Å². The summed E-state index contributed by atoms with van der Waals surface area (Å²) in [5.74, 6) is 0.253. The molecule has 0 aromatic heterocycles. The maximum atomic E-state index is 11.4. The van der Waals surface area contributed by atoms with Crippen LogP contribution < -0.4 is 10.6 Å². The molecule has 76 valence electrons. The fraction of sp³-hybridized carbons (Fsp3) is 0.889. The molecule has 0 amide bonds. The van der Waals surface area contributed by atoms with Crippen molar-refractivity contribution < 1.29 is 9.53 Å². The average Bonchev–Trinajstić information content (AvgIpc) is 2.16. The van der Waals surface area contributed by atoms with Crippen LogP contribution >= 0.6 is 0 Å². The molecule has 0 aliphatic carbocycles. The smallest absolute Gasteiger partial charge is 0.324 e. The van der Waals surface area contributed by atoms with E-state index in [1.54, 1.807) is 0 Å². The normalized spacial score (nSPS) is 28.9. The van der Waals surface area contributed by atoms with Gasteiger partial charge in [0.05, 0.1) is 7.11 Å². The average molecular weight is 186 g/mol. The van der Waals surface area contributed by atoms with E-state index in [0.717, 1.165) is 13.1 Å². The molecular formula is C9H18N2O2. The quantitative estimate of drug-likeness (QED) is 0.584. The van der Waals surface area contributed by atoms with Crippen LogP contribution in [0.4, 0.5) is 0 Å². The third-order valence-electron chi connectivity index (χ3n) is 2.40. The fourth-order valence-corrected chi connectivity index (χ4v) is 1.69. The van der Waals surface area contributed by atoms with E-state index < -0.39 is 0 Å². The van der Waals surface area contributed by atoms with E-state index in [-0.39, 0.29) is 18.1 Å². The molecular weight excluding hydrogens is 168 g/mol. The zero-order chi connectivity index (χ0) is 9.84. The number of nitrogens with one attached hydrogen (secondary N) is 2. The molecule has 2 N–H and O–H groups in total. The lowest BCUT2D eigenvalue weighted by atomic mass is 9.95. The number of rotatable bonds is 2. The van der Waals surface area contributed by atoms with Gasteiger partial charge in [0.15, 0.2) is 0 Å². The van der Waals surface area contributed by atoms with Crippen molar-refractivity contribution in [2.45, 2.75) is 25.9 Å². The monoisotopic (exact) mass is 186 g/mol. The molecule has 1 aliphatic heterocycles. The van der Waals surface area contributed by atoms with Crippen LogP contribution in [0.3, 0.4) is 0 Å². The molecule has 4 nitrogen and oxygen atoms in total. The minimum atomic E-state index is -0.196. The van der Waals surface area contributed by atoms with Crippen LogP contribution in [0.2, 0.25) is 0 Å². The molecule has 0 aromatic carbocycles. The summed E-state index contributed by atoms with van der Waals surface area (Å²) in [7, 11) is 1.43. The van der Waals surface area contributed by atoms with Crippen molar-refractivity contribution in [2.75, 3.05) is 20.2 Å². The highest BCUT2D eigenvalue weighted by molar-refractivity contribution is 5.76. The predicted octanol–water partition coefficient (Wildman–Crippen LogP) is -0.255. The van der Waals surface area contributed by atoms with Crippen molar-refractivity contribution in [1.29, 1.82) is 0 Å². The summed E-state index contributed by atoms with van der Waals surface area (Å²) in [5, 5.41) is 6.48. The number of ether oxygens (including phenoxy) is 1. The van der Waals surface area contributed by atoms with Gasteiger partial charge in [0, 0.05) is 19.1 Å². The van der Waals surface area contributed by atoms with E-state index in [2.05, 4.69) is 24.5 Å². The topological polar surface area (TPSA) is 50.4 Å². The Morgan fingerprint density at radius 3 is 2.54 bits per heavy atom. The van der Waals surface area contributed by atoms with Crippen LogP contribution in [0, 0.1) is 5.92 Å². The van der Waals surface area contributed by atoms with Crippen LogP contribution in [0.25, 0.3) is 0 Å². The number of esters is 1. The van der Waals surface area contributed by atoms with E-state index in [1.165, 1.54) is 7.11 Å². The lowest BCUT2D eigenvalue weighted by molar-refractivity contribution is -0.144. The van der Waals surface area contributed by atoms with Gasteiger partial charge < -0.3 is 15.4 Å². The summed E-state index contributed by atoms with van der Waals surface area (Å²) >= 11 is 0. The molecule has 13 heavy (non-hydrogen) atoms. The molecule has 0 bridgehead atoms. The number of methoxy groups -OCH3 is 1. The molecule has 4 heteroatoms. The third-order valence-corrected chi connectivity index (χ3v) is 2.40. The first-order valence-electron chi connectivity index (χ1n) is 4.71. The Kier molecular flexibility index (Phi) is 3.69. The van der Waals surface area contributed by atoms with Gasteiger partial charge in [0.25, 0.3) is 0 Å². The van der Waals surface area contributed by atoms with E-state index in [0.29, 0.717) is 5.92 Å². The molecule has 0 saturated carbocycles. The maximum absolute atomic E-state index is 11.4. The van der Waals surface area contributed by atoms with Gasteiger partial charge >= 0.3 is 5.97 Å². The Morgan fingerprint density at radius 2 is 2.00 bits per heavy atom. The minimum Gasteiger partial charge on any atom is -0.468 e. The van der Waals surface area contributed by atoms with Gasteiger partial charge in [-0.2, -0.15) is 0 Å². The largest absolute Gasteiger partial charge is 0.468 e. The van der Waals surface area contributed by atoms with E-state index >= 15 is 0 Å². The van der Waals surface area contributed by atoms with Gasteiger partial charge in [0.1, 0.15) is 6.04 Å². The number of carbonyl (C=O) groups is 1. The fourth-order valence-electron chi connectivity index (χ4n) is 1.69. The Balaban J connectivity index is 2.61. The molecule has 2 atom stereocenters. The second-order valence-electron chi connectivity index (χ2n) is 3.68. The molecule has 0 aromatic rings. The molecule has 0 unspecified atom stereocenters. The lowest BCUT2D eigenvalue weighted by Gasteiger charge is -2.34. The van der Waals surface area contributed by atoms with Crippen LogP contribution in [0.1, 0.15) is 13.8 Å². The van der Waals surface area contributed by atoms with Gasteiger partial charge in [-0.3, -0.25) is 4.79 Å². The molecule has 1 heterocycles. The zero-order valence-electron chi connectivity index (χ0n) is 8.46. The number of hydrogen-bond acceptors (Lipinski definition) is 4. The number of piperazine rings is 1. The van der Waals surface area contributed by atoms with E-state index in [1.807, 2.05) is 0 Å². The standard InChI is InChI=1S/C9H18N2O2/c1-6(2)7-8(9(12)13-3)11-5-4-10-7/h6-8,10-11H,4-5H2,1-3H3/t7-,8-/m1/s1. The van der Waals surface area contributed by atoms with Gasteiger partial charge in [-0.1, -0.05) is 13.8 Å². The molecule has 1 fully saturated rings. The minimum absolute atomic E-state index is 0.175. The summed E-state index contributed by atoms with van der Waals surface area (Å²) in [4.78, 5) is 11.4. The lowest BCUT2D eigenvalue weighted by Crippen LogP contribution is -2.61. The van der Waals surface area contributed by atoms with Crippen molar-refractivity contribution in [3.8, 4) is 0 Å². The van der Waals surface area contributed by atoms with Gasteiger partial charge in [-0.25, -0.2) is 0 Å². The molecule has 1 saturated heterocycles. The van der Waals surface area contributed by atoms with Gasteiger partial charge in [0.2, 0.25) is 0 Å². The number of carbonyl (C=O) groups excluding carboxylic acids is 1. The summed E-state index contributed by atoms with van der Waals surface area (Å²) in [6.45, 7) is 5.93. The van der Waals surface area contributed by atoms with Crippen LogP contribution in [0.15, 0.2) is 0 Å². The maximum Gasteiger partial charge on any atom is 0.324 e. The van der Waals surface area contributed by atoms with Gasteiger partial charge in [-0.05, 0) is 5.92 Å². The van der Waals surface area contributed by atoms with Crippen LogP contribution in [-0.2, 0) is 9.53 Å². The SMILES string of the molecule is COC(=O)[C@@H]1NCCN[C@@H]1C(C)C. The third kappa shape index (κ3) is 2.42. The Morgan fingerprint density at radius 1 is 1.38 bits per heavy atom. The first-order chi connectivity index (χ1) is 6.16. The molecule has 1 aliphatic rings. The molecule has 0 radical (unpaired) electrons. The summed E-state index contributed by atoms with van der Waals surface area (Å²) < 4.78 is 4.73. The Bertz CT molecular complexity index is 182. The summed E-state index contributed by atoms with van der Waals surface area (Å²) in [5.41, 5.74) is 0. The molecule has 0 spiro atoms. The highest BCUT2D eigenvalue weighted by atomic mass is 16.5. The van der Waals surface area contributed by atoms with E-state index in [4.69, 9.17) is 4.74 Å². The number of hydrogen-bond donors (Lipinski definition) is 2. The zero-order valence-corrected chi connectivity index (χ0v) is 8.46. The Hall–Kier alpha value is -0.610. The van der Waals surface area contributed by atoms with Crippen LogP contribution in [0.5, 0.6) is 0 Å². The van der Waals surface area contributed by atoms with Gasteiger partial charge in [-0.15, -0.1) is 0 Å². The van der Waals surface area contributed by atoms with Crippen molar-refractivity contribution in [3.05, 3.63) is 0 Å². The van der Waals surface area contributed by atoms with Crippen molar-refractivity contribution in [1.82, 2.24) is 10.6 Å². The van der Waals surface area contributed by atoms with Crippen molar-refractivity contribution in [2.24, 2.45) is 5.92 Å². The highest BCUT2D eigenvalue weighted by Crippen LogP contribution is 2.10. The summed E-state index contributed by atoms with van der Waals surface area (Å²) in [6, 6.07) is -0.0139. The highest BCUT2D eigenvalue weighted by Gasteiger charge is 2.32. The first-order valence-corrected chi connectivity index (χ1v) is 4.71.